The van der Waals surface area contributed by atoms with Gasteiger partial charge in [-0.05, 0) is 42.9 Å². The van der Waals surface area contributed by atoms with Gasteiger partial charge in [0.1, 0.15) is 0 Å². The van der Waals surface area contributed by atoms with Crippen molar-refractivity contribution in [2.24, 2.45) is 0 Å². The first-order valence-corrected chi connectivity index (χ1v) is 8.74. The Morgan fingerprint density at radius 2 is 1.95 bits per heavy atom. The fraction of sp³-hybridized carbons (Fsp3) is 0.632. The van der Waals surface area contributed by atoms with Crippen molar-refractivity contribution in [1.82, 2.24) is 9.80 Å². The van der Waals surface area contributed by atoms with E-state index < -0.39 is 0 Å². The summed E-state index contributed by atoms with van der Waals surface area (Å²) in [4.78, 5) is 17.1. The molecule has 2 saturated heterocycles. The lowest BCUT2D eigenvalue weighted by Gasteiger charge is -2.37. The van der Waals surface area contributed by atoms with Crippen molar-refractivity contribution in [3.05, 3.63) is 35.4 Å². The van der Waals surface area contributed by atoms with Gasteiger partial charge >= 0.3 is 0 Å². The molecule has 0 N–H and O–H groups in total. The number of carbonyl (C=O) groups is 1. The van der Waals surface area contributed by atoms with Gasteiger partial charge in [-0.15, -0.1) is 0 Å². The quantitative estimate of drug-likeness (QED) is 0.853. The summed E-state index contributed by atoms with van der Waals surface area (Å²) < 4.78 is 0. The fourth-order valence-corrected chi connectivity index (χ4v) is 3.70. The summed E-state index contributed by atoms with van der Waals surface area (Å²) >= 11 is 0. The third kappa shape index (κ3) is 3.52. The number of piperazine rings is 1. The lowest BCUT2D eigenvalue weighted by Crippen LogP contribution is -2.52. The molecule has 2 aliphatic heterocycles. The minimum atomic E-state index is 0.333. The maximum Gasteiger partial charge on any atom is 0.222 e. The average Bonchev–Trinajstić information content (AvgIpc) is 3.00. The van der Waals surface area contributed by atoms with E-state index in [-0.39, 0.29) is 0 Å². The predicted octanol–water partition coefficient (Wildman–Crippen LogP) is 3.05. The molecule has 120 valence electrons. The zero-order valence-electron chi connectivity index (χ0n) is 13.9. The van der Waals surface area contributed by atoms with Crippen LogP contribution in [0.4, 0.5) is 0 Å². The highest BCUT2D eigenvalue weighted by atomic mass is 16.2. The summed E-state index contributed by atoms with van der Waals surface area (Å²) in [7, 11) is 0. The molecule has 0 spiro atoms. The molecular formula is C19H28N2O. The van der Waals surface area contributed by atoms with Crippen LogP contribution < -0.4 is 0 Å². The molecule has 1 amide bonds. The van der Waals surface area contributed by atoms with E-state index in [9.17, 15) is 4.79 Å². The normalized spacial score (nSPS) is 22.1. The fourth-order valence-electron chi connectivity index (χ4n) is 3.70. The standard InChI is InChI=1S/C19H28N2O/c1-15(2)17-8-5-16(6-9-17)7-10-19(22)21-13-12-20-11-3-4-18(20)14-21/h5-6,8-9,15,18H,3-4,7,10-14H2,1-2H3/t18-/m0/s1. The van der Waals surface area contributed by atoms with E-state index in [1.807, 2.05) is 0 Å². The first-order valence-electron chi connectivity index (χ1n) is 8.74. The second kappa shape index (κ2) is 6.82. The Kier molecular flexibility index (Phi) is 4.82. The summed E-state index contributed by atoms with van der Waals surface area (Å²) in [6, 6.07) is 9.38. The molecule has 1 atom stereocenters. The second-order valence-electron chi connectivity index (χ2n) is 7.07. The average molecular weight is 300 g/mol. The SMILES string of the molecule is CC(C)c1ccc(CCC(=O)N2CCN3CCC[C@H]3C2)cc1. The molecule has 3 heteroatoms. The third-order valence-corrected chi connectivity index (χ3v) is 5.21. The van der Waals surface area contributed by atoms with Crippen molar-refractivity contribution < 1.29 is 4.79 Å². The maximum absolute atomic E-state index is 12.4. The Morgan fingerprint density at radius 3 is 2.68 bits per heavy atom. The molecule has 1 aromatic carbocycles. The van der Waals surface area contributed by atoms with Crippen LogP contribution in [0.25, 0.3) is 0 Å². The van der Waals surface area contributed by atoms with E-state index in [1.165, 1.54) is 30.5 Å². The van der Waals surface area contributed by atoms with Crippen LogP contribution in [0.1, 0.15) is 50.2 Å². The number of hydrogen-bond acceptors (Lipinski definition) is 2. The molecule has 3 rings (SSSR count). The van der Waals surface area contributed by atoms with Crippen LogP contribution in [0, 0.1) is 0 Å². The number of fused-ring (bicyclic) bond motifs is 1. The third-order valence-electron chi connectivity index (χ3n) is 5.21. The van der Waals surface area contributed by atoms with Crippen LogP contribution in [-0.4, -0.2) is 47.9 Å². The molecule has 0 radical (unpaired) electrons. The van der Waals surface area contributed by atoms with Gasteiger partial charge in [0.25, 0.3) is 0 Å². The first-order chi connectivity index (χ1) is 10.6. The molecule has 0 aromatic heterocycles. The minimum absolute atomic E-state index is 0.333. The first kappa shape index (κ1) is 15.5. The van der Waals surface area contributed by atoms with Crippen molar-refractivity contribution in [3.63, 3.8) is 0 Å². The van der Waals surface area contributed by atoms with E-state index >= 15 is 0 Å². The van der Waals surface area contributed by atoms with Crippen LogP contribution >= 0.6 is 0 Å². The van der Waals surface area contributed by atoms with Crippen LogP contribution in [0.3, 0.4) is 0 Å². The Hall–Kier alpha value is -1.35. The van der Waals surface area contributed by atoms with Gasteiger partial charge in [0.15, 0.2) is 0 Å². The topological polar surface area (TPSA) is 23.6 Å². The number of amides is 1. The molecule has 0 aliphatic carbocycles. The molecule has 0 unspecified atom stereocenters. The highest BCUT2D eigenvalue weighted by Crippen LogP contribution is 2.22. The number of carbonyl (C=O) groups excluding carboxylic acids is 1. The van der Waals surface area contributed by atoms with Crippen molar-refractivity contribution in [2.45, 2.75) is 51.5 Å². The summed E-state index contributed by atoms with van der Waals surface area (Å²) in [5.41, 5.74) is 2.64. The van der Waals surface area contributed by atoms with Gasteiger partial charge in [0, 0.05) is 32.1 Å². The number of nitrogens with zero attached hydrogens (tertiary/aromatic N) is 2. The highest BCUT2D eigenvalue weighted by molar-refractivity contribution is 5.76. The van der Waals surface area contributed by atoms with Gasteiger partial charge in [-0.2, -0.15) is 0 Å². The summed E-state index contributed by atoms with van der Waals surface area (Å²) in [6.45, 7) is 8.59. The Bertz CT molecular complexity index is 509. The van der Waals surface area contributed by atoms with E-state index in [2.05, 4.69) is 47.9 Å². The van der Waals surface area contributed by atoms with Gasteiger partial charge in [0.2, 0.25) is 5.91 Å². The summed E-state index contributed by atoms with van der Waals surface area (Å²) in [5.74, 6) is 0.901. The lowest BCUT2D eigenvalue weighted by molar-refractivity contribution is -0.133. The van der Waals surface area contributed by atoms with Gasteiger partial charge in [-0.25, -0.2) is 0 Å². The monoisotopic (exact) mass is 300 g/mol. The van der Waals surface area contributed by atoms with Crippen molar-refractivity contribution in [2.75, 3.05) is 26.2 Å². The summed E-state index contributed by atoms with van der Waals surface area (Å²) in [6.07, 6.45) is 4.07. The minimum Gasteiger partial charge on any atom is -0.340 e. The molecule has 0 saturated carbocycles. The summed E-state index contributed by atoms with van der Waals surface area (Å²) in [5, 5.41) is 0. The van der Waals surface area contributed by atoms with Crippen molar-refractivity contribution in [3.8, 4) is 0 Å². The molecule has 2 heterocycles. The zero-order chi connectivity index (χ0) is 15.5. The smallest absolute Gasteiger partial charge is 0.222 e. The molecule has 0 bridgehead atoms. The lowest BCUT2D eigenvalue weighted by atomic mass is 10.00. The Morgan fingerprint density at radius 1 is 1.18 bits per heavy atom. The van der Waals surface area contributed by atoms with Crippen molar-refractivity contribution >= 4 is 5.91 Å². The van der Waals surface area contributed by atoms with Crippen LogP contribution in [0.5, 0.6) is 0 Å². The van der Waals surface area contributed by atoms with Gasteiger partial charge in [0.05, 0.1) is 0 Å². The number of hydrogen-bond donors (Lipinski definition) is 0. The van der Waals surface area contributed by atoms with Crippen LogP contribution in [-0.2, 0) is 11.2 Å². The molecule has 22 heavy (non-hydrogen) atoms. The molecule has 3 nitrogen and oxygen atoms in total. The molecule has 2 aliphatic rings. The molecule has 1 aromatic rings. The van der Waals surface area contributed by atoms with Gasteiger partial charge in [-0.1, -0.05) is 38.1 Å². The van der Waals surface area contributed by atoms with E-state index in [4.69, 9.17) is 0 Å². The van der Waals surface area contributed by atoms with E-state index in [1.54, 1.807) is 0 Å². The van der Waals surface area contributed by atoms with Crippen LogP contribution in [0.15, 0.2) is 24.3 Å². The van der Waals surface area contributed by atoms with Crippen molar-refractivity contribution in [1.29, 1.82) is 0 Å². The second-order valence-corrected chi connectivity index (χ2v) is 7.07. The van der Waals surface area contributed by atoms with Gasteiger partial charge < -0.3 is 4.90 Å². The molecular weight excluding hydrogens is 272 g/mol. The Labute approximate surface area is 134 Å². The van der Waals surface area contributed by atoms with Crippen LogP contribution in [0.2, 0.25) is 0 Å². The molecule has 2 fully saturated rings. The number of aryl methyl sites for hydroxylation is 1. The predicted molar refractivity (Wildman–Crippen MR) is 90.0 cm³/mol. The largest absolute Gasteiger partial charge is 0.340 e. The highest BCUT2D eigenvalue weighted by Gasteiger charge is 2.32. The van der Waals surface area contributed by atoms with E-state index in [0.717, 1.165) is 26.1 Å². The maximum atomic E-state index is 12.4. The number of rotatable bonds is 4. The Balaban J connectivity index is 1.49. The van der Waals surface area contributed by atoms with Gasteiger partial charge in [-0.3, -0.25) is 9.69 Å². The zero-order valence-corrected chi connectivity index (χ0v) is 13.9. The van der Waals surface area contributed by atoms with E-state index in [0.29, 0.717) is 24.3 Å². The number of benzene rings is 1.